The first-order chi connectivity index (χ1) is 9.06. The van der Waals surface area contributed by atoms with E-state index in [1.807, 2.05) is 18.2 Å². The van der Waals surface area contributed by atoms with E-state index in [1.54, 1.807) is 12.3 Å². The van der Waals surface area contributed by atoms with Crippen molar-refractivity contribution in [1.82, 2.24) is 4.98 Å². The fourth-order valence-electron chi connectivity index (χ4n) is 1.74. The number of anilines is 1. The third-order valence-corrected chi connectivity index (χ3v) is 3.09. The van der Waals surface area contributed by atoms with Gasteiger partial charge in [0.05, 0.1) is 11.2 Å². The molecule has 1 aromatic carbocycles. The summed E-state index contributed by atoms with van der Waals surface area (Å²) in [6, 6.07) is 7.53. The Kier molecular flexibility index (Phi) is 4.27. The maximum Gasteiger partial charge on any atom is 0.224 e. The lowest BCUT2D eigenvalue weighted by molar-refractivity contribution is -0.121. The van der Waals surface area contributed by atoms with Gasteiger partial charge in [-0.3, -0.25) is 9.78 Å². The predicted octanol–water partition coefficient (Wildman–Crippen LogP) is 3.31. The Labute approximate surface area is 119 Å². The highest BCUT2D eigenvalue weighted by Crippen LogP contribution is 2.24. The molecule has 5 heteroatoms. The van der Waals surface area contributed by atoms with E-state index in [9.17, 15) is 9.59 Å². The van der Waals surface area contributed by atoms with Crippen LogP contribution >= 0.6 is 15.9 Å². The highest BCUT2D eigenvalue weighted by Gasteiger charge is 2.08. The highest BCUT2D eigenvalue weighted by atomic mass is 79.9. The van der Waals surface area contributed by atoms with Crippen molar-refractivity contribution >= 4 is 44.2 Å². The molecule has 0 atom stereocenters. The van der Waals surface area contributed by atoms with Gasteiger partial charge in [0.25, 0.3) is 0 Å². The van der Waals surface area contributed by atoms with Gasteiger partial charge < -0.3 is 10.1 Å². The van der Waals surface area contributed by atoms with Crippen molar-refractivity contribution in [2.75, 3.05) is 5.32 Å². The van der Waals surface area contributed by atoms with Crippen LogP contribution in [0.25, 0.3) is 10.9 Å². The zero-order valence-corrected chi connectivity index (χ0v) is 12.0. The van der Waals surface area contributed by atoms with Gasteiger partial charge in [-0.2, -0.15) is 0 Å². The summed E-state index contributed by atoms with van der Waals surface area (Å²) in [5, 5.41) is 3.73. The lowest BCUT2D eigenvalue weighted by Crippen LogP contribution is -2.13. The number of rotatable bonds is 4. The van der Waals surface area contributed by atoms with Crippen molar-refractivity contribution in [2.24, 2.45) is 0 Å². The zero-order valence-electron chi connectivity index (χ0n) is 10.4. The summed E-state index contributed by atoms with van der Waals surface area (Å²) in [5.41, 5.74) is 1.40. The normalized spacial score (nSPS) is 10.4. The van der Waals surface area contributed by atoms with Crippen molar-refractivity contribution in [2.45, 2.75) is 19.8 Å². The topological polar surface area (TPSA) is 59.1 Å². The Morgan fingerprint density at radius 3 is 2.84 bits per heavy atom. The average Bonchev–Trinajstić information content (AvgIpc) is 2.36. The van der Waals surface area contributed by atoms with E-state index < -0.39 is 0 Å². The molecule has 1 amide bonds. The fraction of sp³-hybridized carbons (Fsp3) is 0.214. The van der Waals surface area contributed by atoms with E-state index in [2.05, 4.69) is 26.2 Å². The summed E-state index contributed by atoms with van der Waals surface area (Å²) in [6.45, 7) is 1.48. The van der Waals surface area contributed by atoms with Crippen LogP contribution in [0.4, 0.5) is 5.69 Å². The molecular formula is C14H13BrN2O2. The van der Waals surface area contributed by atoms with Gasteiger partial charge in [0.1, 0.15) is 5.78 Å². The quantitative estimate of drug-likeness (QED) is 0.940. The molecule has 0 aliphatic heterocycles. The van der Waals surface area contributed by atoms with Crippen LogP contribution < -0.4 is 5.32 Å². The van der Waals surface area contributed by atoms with Gasteiger partial charge in [-0.1, -0.05) is 12.1 Å². The number of fused-ring (bicyclic) bond motifs is 1. The van der Waals surface area contributed by atoms with E-state index in [0.717, 1.165) is 15.4 Å². The Hall–Kier alpha value is -1.75. The number of carbonyl (C=O) groups excluding carboxylic acids is 2. The molecule has 0 aliphatic carbocycles. The number of nitrogens with zero attached hydrogens (tertiary/aromatic N) is 1. The third kappa shape index (κ3) is 3.61. The monoisotopic (exact) mass is 320 g/mol. The average molecular weight is 321 g/mol. The first kappa shape index (κ1) is 13.7. The number of Topliss-reactive ketones (excluding diaryl/α,β-unsaturated/α-hetero) is 1. The number of halogens is 1. The molecule has 0 bridgehead atoms. The van der Waals surface area contributed by atoms with Crippen LogP contribution in [0.2, 0.25) is 0 Å². The summed E-state index contributed by atoms with van der Waals surface area (Å²) >= 11 is 3.36. The van der Waals surface area contributed by atoms with Crippen molar-refractivity contribution in [3.05, 3.63) is 34.9 Å². The molecule has 1 N–H and O–H groups in total. The number of amides is 1. The summed E-state index contributed by atoms with van der Waals surface area (Å²) in [4.78, 5) is 26.9. The maximum absolute atomic E-state index is 11.7. The van der Waals surface area contributed by atoms with Crippen LogP contribution in [0.5, 0.6) is 0 Å². The molecule has 0 spiro atoms. The lowest BCUT2D eigenvalue weighted by atomic mass is 10.2. The summed E-state index contributed by atoms with van der Waals surface area (Å²) < 4.78 is 0.889. The van der Waals surface area contributed by atoms with Gasteiger partial charge in [-0.15, -0.1) is 0 Å². The second-order valence-corrected chi connectivity index (χ2v) is 5.20. The van der Waals surface area contributed by atoms with Gasteiger partial charge in [-0.25, -0.2) is 0 Å². The molecule has 0 radical (unpaired) electrons. The molecule has 1 heterocycles. The number of hydrogen-bond donors (Lipinski definition) is 1. The van der Waals surface area contributed by atoms with Gasteiger partial charge in [0.15, 0.2) is 0 Å². The number of nitrogens with one attached hydrogen (secondary N) is 1. The molecule has 0 saturated heterocycles. The molecule has 0 aliphatic rings. The van der Waals surface area contributed by atoms with E-state index in [0.29, 0.717) is 5.69 Å². The summed E-state index contributed by atoms with van der Waals surface area (Å²) in [5.74, 6) is -0.164. The van der Waals surface area contributed by atoms with Crippen molar-refractivity contribution in [3.8, 4) is 0 Å². The number of pyridine rings is 1. The highest BCUT2D eigenvalue weighted by molar-refractivity contribution is 9.10. The predicted molar refractivity (Wildman–Crippen MR) is 78.0 cm³/mol. The molecule has 2 aromatic rings. The van der Waals surface area contributed by atoms with Crippen LogP contribution in [0.1, 0.15) is 19.8 Å². The van der Waals surface area contributed by atoms with E-state index in [-0.39, 0.29) is 24.5 Å². The molecule has 19 heavy (non-hydrogen) atoms. The smallest absolute Gasteiger partial charge is 0.224 e. The molecular weight excluding hydrogens is 308 g/mol. The van der Waals surface area contributed by atoms with Crippen molar-refractivity contribution in [3.63, 3.8) is 0 Å². The number of hydrogen-bond acceptors (Lipinski definition) is 3. The van der Waals surface area contributed by atoms with Crippen molar-refractivity contribution < 1.29 is 9.59 Å². The van der Waals surface area contributed by atoms with E-state index in [4.69, 9.17) is 0 Å². The molecule has 0 fully saturated rings. The van der Waals surface area contributed by atoms with Crippen molar-refractivity contribution in [1.29, 1.82) is 0 Å². The van der Waals surface area contributed by atoms with Crippen LogP contribution in [0.3, 0.4) is 0 Å². The van der Waals surface area contributed by atoms with Crippen LogP contribution in [-0.4, -0.2) is 16.7 Å². The molecule has 4 nitrogen and oxygen atoms in total. The molecule has 98 valence electrons. The Morgan fingerprint density at radius 1 is 1.32 bits per heavy atom. The number of para-hydroxylation sites is 1. The lowest BCUT2D eigenvalue weighted by Gasteiger charge is -2.07. The Balaban J connectivity index is 2.21. The maximum atomic E-state index is 11.7. The molecule has 0 unspecified atom stereocenters. The first-order valence-corrected chi connectivity index (χ1v) is 6.69. The van der Waals surface area contributed by atoms with E-state index in [1.165, 1.54) is 6.92 Å². The number of carbonyl (C=O) groups is 2. The molecule has 0 saturated carbocycles. The second kappa shape index (κ2) is 5.93. The minimum Gasteiger partial charge on any atom is -0.324 e. The number of benzene rings is 1. The summed E-state index contributed by atoms with van der Waals surface area (Å²) in [6.07, 6.45) is 2.14. The summed E-state index contributed by atoms with van der Waals surface area (Å²) in [7, 11) is 0. The van der Waals surface area contributed by atoms with Crippen LogP contribution in [0, 0.1) is 0 Å². The molecule has 1 aromatic heterocycles. The standard InChI is InChI=1S/C14H13BrN2O2/c1-9(18)5-6-13(19)17-12-4-2-3-10-7-11(15)8-16-14(10)12/h2-4,7-8H,5-6H2,1H3,(H,17,19). The number of aromatic nitrogens is 1. The first-order valence-electron chi connectivity index (χ1n) is 5.90. The minimum absolute atomic E-state index is 0.00938. The van der Waals surface area contributed by atoms with Crippen LogP contribution in [-0.2, 0) is 9.59 Å². The molecule has 2 rings (SSSR count). The SMILES string of the molecule is CC(=O)CCC(=O)Nc1cccc2cc(Br)cnc12. The Morgan fingerprint density at radius 2 is 2.11 bits per heavy atom. The van der Waals surface area contributed by atoms with Gasteiger partial charge >= 0.3 is 0 Å². The number of ketones is 1. The minimum atomic E-state index is -0.174. The zero-order chi connectivity index (χ0) is 13.8. The van der Waals surface area contributed by atoms with Crippen LogP contribution in [0.15, 0.2) is 34.9 Å². The van der Waals surface area contributed by atoms with Gasteiger partial charge in [0, 0.05) is 28.9 Å². The van der Waals surface area contributed by atoms with E-state index >= 15 is 0 Å². The van der Waals surface area contributed by atoms with Gasteiger partial charge in [0.2, 0.25) is 5.91 Å². The second-order valence-electron chi connectivity index (χ2n) is 4.28. The largest absolute Gasteiger partial charge is 0.324 e. The Bertz CT molecular complexity index is 640. The van der Waals surface area contributed by atoms with Gasteiger partial charge in [-0.05, 0) is 35.0 Å². The third-order valence-electron chi connectivity index (χ3n) is 2.66. The fourth-order valence-corrected chi connectivity index (χ4v) is 2.09.